The van der Waals surface area contributed by atoms with Gasteiger partial charge < -0.3 is 11.5 Å². The number of nitrogens with two attached hydrogens (primary N) is 2. The first-order chi connectivity index (χ1) is 6.18. The van der Waals surface area contributed by atoms with Crippen molar-refractivity contribution in [2.24, 2.45) is 5.73 Å². The van der Waals surface area contributed by atoms with Crippen LogP contribution in [0.4, 0.5) is 5.69 Å². The van der Waals surface area contributed by atoms with Crippen molar-refractivity contribution >= 4 is 42.9 Å². The van der Waals surface area contributed by atoms with Crippen molar-refractivity contribution in [1.82, 2.24) is 4.98 Å². The molecule has 1 rings (SSSR count). The van der Waals surface area contributed by atoms with Crippen LogP contribution >= 0.6 is 37.2 Å². The molecule has 4 N–H and O–H groups in total. The van der Waals surface area contributed by atoms with Crippen LogP contribution < -0.4 is 11.5 Å². The standard InChI is InChI=1S/C10H13N3.3ClH/c1-8(11)3-2-4-9-5-10(12)7-13-6-9;;;/h5-8H,3,11-12H2,1H3;3*1H/t8-;;;/m0.../s1. The summed E-state index contributed by atoms with van der Waals surface area (Å²) in [5, 5.41) is 0. The van der Waals surface area contributed by atoms with E-state index in [9.17, 15) is 0 Å². The van der Waals surface area contributed by atoms with Crippen LogP contribution in [0.1, 0.15) is 18.9 Å². The topological polar surface area (TPSA) is 64.9 Å². The molecule has 0 spiro atoms. The minimum Gasteiger partial charge on any atom is -0.397 e. The SMILES string of the molecule is C[C@H](N)CC#Cc1cncc(N)c1.Cl.Cl.Cl. The Kier molecular flexibility index (Phi) is 14.0. The first-order valence-electron chi connectivity index (χ1n) is 4.13. The summed E-state index contributed by atoms with van der Waals surface area (Å²) in [6, 6.07) is 1.91. The zero-order chi connectivity index (χ0) is 9.68. The second-order valence-electron chi connectivity index (χ2n) is 2.99. The molecule has 0 aliphatic heterocycles. The lowest BCUT2D eigenvalue weighted by atomic mass is 10.2. The quantitative estimate of drug-likeness (QED) is 0.776. The summed E-state index contributed by atoms with van der Waals surface area (Å²) < 4.78 is 0. The molecule has 0 aliphatic rings. The molecule has 0 bridgehead atoms. The number of pyridine rings is 1. The van der Waals surface area contributed by atoms with Crippen LogP contribution in [0.2, 0.25) is 0 Å². The Hall–Kier alpha value is -0.660. The Labute approximate surface area is 115 Å². The fraction of sp³-hybridized carbons (Fsp3) is 0.300. The highest BCUT2D eigenvalue weighted by molar-refractivity contribution is 5.86. The average Bonchev–Trinajstić information content (AvgIpc) is 2.03. The fourth-order valence-corrected chi connectivity index (χ4v) is 0.840. The van der Waals surface area contributed by atoms with Gasteiger partial charge in [-0.3, -0.25) is 4.98 Å². The van der Waals surface area contributed by atoms with Gasteiger partial charge in [-0.1, -0.05) is 11.8 Å². The molecule has 0 saturated heterocycles. The van der Waals surface area contributed by atoms with Crippen LogP contribution in [-0.2, 0) is 0 Å². The summed E-state index contributed by atoms with van der Waals surface area (Å²) >= 11 is 0. The summed E-state index contributed by atoms with van der Waals surface area (Å²) in [5.41, 5.74) is 12.5. The molecule has 0 unspecified atom stereocenters. The molecular formula is C10H16Cl3N3. The highest BCUT2D eigenvalue weighted by atomic mass is 35.5. The van der Waals surface area contributed by atoms with Gasteiger partial charge in [-0.25, -0.2) is 0 Å². The lowest BCUT2D eigenvalue weighted by molar-refractivity contribution is 0.771. The number of nitrogens with zero attached hydrogens (tertiary/aromatic N) is 1. The van der Waals surface area contributed by atoms with Gasteiger partial charge in [0, 0.05) is 30.4 Å². The Balaban J connectivity index is -0.000000563. The molecule has 1 heterocycles. The van der Waals surface area contributed by atoms with Gasteiger partial charge in [-0.2, -0.15) is 0 Å². The van der Waals surface area contributed by atoms with Crippen LogP contribution in [0, 0.1) is 11.8 Å². The Morgan fingerprint density at radius 3 is 2.44 bits per heavy atom. The summed E-state index contributed by atoms with van der Waals surface area (Å²) in [6.45, 7) is 1.92. The minimum atomic E-state index is 0. The lowest BCUT2D eigenvalue weighted by Crippen LogP contribution is -2.12. The zero-order valence-corrected chi connectivity index (χ0v) is 11.3. The van der Waals surface area contributed by atoms with Gasteiger partial charge in [-0.15, -0.1) is 37.2 Å². The van der Waals surface area contributed by atoms with Crippen LogP contribution in [0.5, 0.6) is 0 Å². The van der Waals surface area contributed by atoms with Gasteiger partial charge >= 0.3 is 0 Å². The molecule has 3 nitrogen and oxygen atoms in total. The number of halogens is 3. The summed E-state index contributed by atoms with van der Waals surface area (Å²) in [5.74, 6) is 5.90. The predicted molar refractivity (Wildman–Crippen MR) is 75.5 cm³/mol. The Morgan fingerprint density at radius 1 is 1.31 bits per heavy atom. The van der Waals surface area contributed by atoms with Gasteiger partial charge in [0.25, 0.3) is 0 Å². The summed E-state index contributed by atoms with van der Waals surface area (Å²) in [7, 11) is 0. The van der Waals surface area contributed by atoms with E-state index >= 15 is 0 Å². The fourth-order valence-electron chi connectivity index (χ4n) is 0.840. The third kappa shape index (κ3) is 8.63. The van der Waals surface area contributed by atoms with Crippen molar-refractivity contribution < 1.29 is 0 Å². The van der Waals surface area contributed by atoms with E-state index in [0.717, 1.165) is 5.56 Å². The van der Waals surface area contributed by atoms with E-state index in [2.05, 4.69) is 16.8 Å². The Bertz CT molecular complexity index is 345. The number of aromatic nitrogens is 1. The van der Waals surface area contributed by atoms with Gasteiger partial charge in [-0.05, 0) is 13.0 Å². The van der Waals surface area contributed by atoms with Crippen LogP contribution in [0.25, 0.3) is 0 Å². The molecule has 0 aromatic carbocycles. The van der Waals surface area contributed by atoms with E-state index < -0.39 is 0 Å². The van der Waals surface area contributed by atoms with Crippen molar-refractivity contribution in [2.45, 2.75) is 19.4 Å². The molecule has 1 aromatic rings. The normalized spacial score (nSPS) is 9.38. The molecule has 0 radical (unpaired) electrons. The minimum absolute atomic E-state index is 0. The number of rotatable bonds is 1. The molecule has 0 fully saturated rings. The molecule has 16 heavy (non-hydrogen) atoms. The largest absolute Gasteiger partial charge is 0.397 e. The maximum Gasteiger partial charge on any atom is 0.0513 e. The molecular weight excluding hydrogens is 268 g/mol. The molecule has 1 atom stereocenters. The summed E-state index contributed by atoms with van der Waals surface area (Å²) in [4.78, 5) is 3.92. The molecule has 92 valence electrons. The van der Waals surface area contributed by atoms with E-state index in [1.807, 2.05) is 6.92 Å². The van der Waals surface area contributed by atoms with Gasteiger partial charge in [0.1, 0.15) is 0 Å². The number of hydrogen-bond acceptors (Lipinski definition) is 3. The van der Waals surface area contributed by atoms with Gasteiger partial charge in [0.05, 0.1) is 5.69 Å². The highest BCUT2D eigenvalue weighted by Crippen LogP contribution is 2.01. The smallest absolute Gasteiger partial charge is 0.0513 e. The Morgan fingerprint density at radius 2 is 1.94 bits per heavy atom. The van der Waals surface area contributed by atoms with Crippen molar-refractivity contribution in [3.05, 3.63) is 24.0 Å². The molecule has 0 saturated carbocycles. The van der Waals surface area contributed by atoms with Crippen molar-refractivity contribution in [3.8, 4) is 11.8 Å². The zero-order valence-electron chi connectivity index (χ0n) is 8.84. The van der Waals surface area contributed by atoms with Crippen LogP contribution in [0.15, 0.2) is 18.5 Å². The monoisotopic (exact) mass is 283 g/mol. The molecule has 6 heteroatoms. The third-order valence-electron chi connectivity index (χ3n) is 1.42. The van der Waals surface area contributed by atoms with Crippen molar-refractivity contribution in [1.29, 1.82) is 0 Å². The van der Waals surface area contributed by atoms with E-state index in [1.54, 1.807) is 18.5 Å². The molecule has 0 amide bonds. The van der Waals surface area contributed by atoms with Crippen LogP contribution in [0.3, 0.4) is 0 Å². The second kappa shape index (κ2) is 10.8. The first kappa shape index (κ1) is 20.7. The van der Waals surface area contributed by atoms with Crippen LogP contribution in [-0.4, -0.2) is 11.0 Å². The van der Waals surface area contributed by atoms with E-state index in [1.165, 1.54) is 0 Å². The highest BCUT2D eigenvalue weighted by Gasteiger charge is 1.89. The second-order valence-corrected chi connectivity index (χ2v) is 2.99. The van der Waals surface area contributed by atoms with Gasteiger partial charge in [0.2, 0.25) is 0 Å². The summed E-state index contributed by atoms with van der Waals surface area (Å²) in [6.07, 6.45) is 3.97. The average molecular weight is 285 g/mol. The maximum atomic E-state index is 5.54. The van der Waals surface area contributed by atoms with E-state index in [4.69, 9.17) is 11.5 Å². The number of hydrogen-bond donors (Lipinski definition) is 2. The van der Waals surface area contributed by atoms with E-state index in [-0.39, 0.29) is 43.3 Å². The van der Waals surface area contributed by atoms with E-state index in [0.29, 0.717) is 12.1 Å². The molecule has 0 aliphatic carbocycles. The third-order valence-corrected chi connectivity index (χ3v) is 1.42. The molecule has 1 aromatic heterocycles. The van der Waals surface area contributed by atoms with Crippen molar-refractivity contribution in [3.63, 3.8) is 0 Å². The van der Waals surface area contributed by atoms with Gasteiger partial charge in [0.15, 0.2) is 0 Å². The first-order valence-corrected chi connectivity index (χ1v) is 4.13. The van der Waals surface area contributed by atoms with Crippen molar-refractivity contribution in [2.75, 3.05) is 5.73 Å². The number of nitrogen functional groups attached to an aromatic ring is 1. The number of anilines is 1. The predicted octanol–water partition coefficient (Wildman–Crippen LogP) is 2.02. The lowest BCUT2D eigenvalue weighted by Gasteiger charge is -1.94. The maximum absolute atomic E-state index is 5.54.